The van der Waals surface area contributed by atoms with Gasteiger partial charge in [0.15, 0.2) is 0 Å². The SMILES string of the molecule is CC(C)(NCCCc1ccccc1)C(N)=O. The molecule has 0 saturated heterocycles. The van der Waals surface area contributed by atoms with Gasteiger partial charge in [-0.3, -0.25) is 4.79 Å². The number of primary amides is 1. The average Bonchev–Trinajstić information content (AvgIpc) is 2.26. The Labute approximate surface area is 97.0 Å². The van der Waals surface area contributed by atoms with Crippen LogP contribution in [0, 0.1) is 0 Å². The van der Waals surface area contributed by atoms with E-state index in [1.165, 1.54) is 5.56 Å². The molecule has 1 aromatic rings. The van der Waals surface area contributed by atoms with Crippen molar-refractivity contribution in [2.45, 2.75) is 32.2 Å². The van der Waals surface area contributed by atoms with Crippen molar-refractivity contribution in [2.75, 3.05) is 6.54 Å². The van der Waals surface area contributed by atoms with Crippen molar-refractivity contribution in [2.24, 2.45) is 5.73 Å². The van der Waals surface area contributed by atoms with Crippen LogP contribution in [-0.2, 0) is 11.2 Å². The maximum absolute atomic E-state index is 11.0. The minimum absolute atomic E-state index is 0.313. The van der Waals surface area contributed by atoms with Gasteiger partial charge in [0.25, 0.3) is 0 Å². The standard InChI is InChI=1S/C13H20N2O/c1-13(2,12(14)16)15-10-6-9-11-7-4-3-5-8-11/h3-5,7-8,15H,6,9-10H2,1-2H3,(H2,14,16). The normalized spacial score (nSPS) is 11.4. The summed E-state index contributed by atoms with van der Waals surface area (Å²) in [5, 5.41) is 3.15. The number of carbonyl (C=O) groups excluding carboxylic acids is 1. The molecule has 16 heavy (non-hydrogen) atoms. The number of carbonyl (C=O) groups is 1. The van der Waals surface area contributed by atoms with E-state index in [4.69, 9.17) is 5.73 Å². The van der Waals surface area contributed by atoms with E-state index in [9.17, 15) is 4.79 Å². The highest BCUT2D eigenvalue weighted by molar-refractivity contribution is 5.83. The Morgan fingerprint density at radius 3 is 2.50 bits per heavy atom. The van der Waals surface area contributed by atoms with Gasteiger partial charge in [0, 0.05) is 0 Å². The Bertz CT molecular complexity index is 333. The second-order valence-corrected chi connectivity index (χ2v) is 4.51. The van der Waals surface area contributed by atoms with E-state index >= 15 is 0 Å². The Kier molecular flexibility index (Phi) is 4.50. The van der Waals surface area contributed by atoms with Crippen molar-refractivity contribution in [1.29, 1.82) is 0 Å². The number of nitrogens with one attached hydrogen (secondary N) is 1. The molecular formula is C13H20N2O. The summed E-state index contributed by atoms with van der Waals surface area (Å²) in [6.45, 7) is 4.40. The molecule has 3 nitrogen and oxygen atoms in total. The lowest BCUT2D eigenvalue weighted by Gasteiger charge is -2.22. The van der Waals surface area contributed by atoms with Gasteiger partial charge in [0.1, 0.15) is 0 Å². The van der Waals surface area contributed by atoms with Gasteiger partial charge in [-0.15, -0.1) is 0 Å². The minimum Gasteiger partial charge on any atom is -0.368 e. The van der Waals surface area contributed by atoms with Gasteiger partial charge >= 0.3 is 0 Å². The lowest BCUT2D eigenvalue weighted by molar-refractivity contribution is -0.123. The second-order valence-electron chi connectivity index (χ2n) is 4.51. The third-order valence-corrected chi connectivity index (χ3v) is 2.67. The van der Waals surface area contributed by atoms with Crippen molar-refractivity contribution in [3.05, 3.63) is 35.9 Å². The molecule has 0 radical (unpaired) electrons. The molecule has 0 bridgehead atoms. The van der Waals surface area contributed by atoms with Crippen LogP contribution >= 0.6 is 0 Å². The first-order chi connectivity index (χ1) is 7.52. The molecule has 1 amide bonds. The molecular weight excluding hydrogens is 200 g/mol. The number of aryl methyl sites for hydroxylation is 1. The molecule has 88 valence electrons. The molecule has 3 heteroatoms. The van der Waals surface area contributed by atoms with E-state index in [2.05, 4.69) is 17.4 Å². The highest BCUT2D eigenvalue weighted by atomic mass is 16.1. The molecule has 0 spiro atoms. The summed E-state index contributed by atoms with van der Waals surface area (Å²) in [5.41, 5.74) is 5.97. The fourth-order valence-corrected chi connectivity index (χ4v) is 1.43. The quantitative estimate of drug-likeness (QED) is 0.713. The third-order valence-electron chi connectivity index (χ3n) is 2.67. The molecule has 3 N–H and O–H groups in total. The van der Waals surface area contributed by atoms with Crippen molar-refractivity contribution in [3.8, 4) is 0 Å². The molecule has 0 unspecified atom stereocenters. The van der Waals surface area contributed by atoms with Crippen LogP contribution in [0.1, 0.15) is 25.8 Å². The van der Waals surface area contributed by atoms with Gasteiger partial charge in [-0.2, -0.15) is 0 Å². The van der Waals surface area contributed by atoms with Gasteiger partial charge in [-0.1, -0.05) is 30.3 Å². The first kappa shape index (κ1) is 12.7. The summed E-state index contributed by atoms with van der Waals surface area (Å²) < 4.78 is 0. The van der Waals surface area contributed by atoms with E-state index in [0.717, 1.165) is 19.4 Å². The van der Waals surface area contributed by atoms with Crippen molar-refractivity contribution < 1.29 is 4.79 Å². The Morgan fingerprint density at radius 1 is 1.31 bits per heavy atom. The van der Waals surface area contributed by atoms with Gasteiger partial charge in [-0.25, -0.2) is 0 Å². The zero-order valence-electron chi connectivity index (χ0n) is 9.99. The Morgan fingerprint density at radius 2 is 1.94 bits per heavy atom. The highest BCUT2D eigenvalue weighted by Crippen LogP contribution is 2.04. The topological polar surface area (TPSA) is 55.1 Å². The summed E-state index contributed by atoms with van der Waals surface area (Å²) in [4.78, 5) is 11.0. The zero-order valence-corrected chi connectivity index (χ0v) is 9.99. The molecule has 0 saturated carbocycles. The predicted molar refractivity (Wildman–Crippen MR) is 66.0 cm³/mol. The fraction of sp³-hybridized carbons (Fsp3) is 0.462. The lowest BCUT2D eigenvalue weighted by Crippen LogP contribution is -2.50. The number of hydrogen-bond acceptors (Lipinski definition) is 2. The van der Waals surface area contributed by atoms with E-state index in [1.54, 1.807) is 13.8 Å². The smallest absolute Gasteiger partial charge is 0.237 e. The van der Waals surface area contributed by atoms with Crippen LogP contribution in [0.15, 0.2) is 30.3 Å². The molecule has 0 aliphatic rings. The zero-order chi connectivity index (χ0) is 12.0. The van der Waals surface area contributed by atoms with Gasteiger partial charge in [-0.05, 0) is 38.8 Å². The van der Waals surface area contributed by atoms with Gasteiger partial charge in [0.05, 0.1) is 5.54 Å². The average molecular weight is 220 g/mol. The Balaban J connectivity index is 2.25. The summed E-state index contributed by atoms with van der Waals surface area (Å²) in [6.07, 6.45) is 2.02. The van der Waals surface area contributed by atoms with Crippen LogP contribution < -0.4 is 11.1 Å². The molecule has 1 aromatic carbocycles. The third kappa shape index (κ3) is 4.03. The molecule has 1 rings (SSSR count). The molecule has 0 atom stereocenters. The summed E-state index contributed by atoms with van der Waals surface area (Å²) in [6, 6.07) is 10.3. The van der Waals surface area contributed by atoms with Gasteiger partial charge < -0.3 is 11.1 Å². The lowest BCUT2D eigenvalue weighted by atomic mass is 10.0. The molecule has 0 aromatic heterocycles. The van der Waals surface area contributed by atoms with Crippen LogP contribution in [0.5, 0.6) is 0 Å². The fourth-order valence-electron chi connectivity index (χ4n) is 1.43. The van der Waals surface area contributed by atoms with Crippen molar-refractivity contribution >= 4 is 5.91 Å². The molecule has 0 fully saturated rings. The second kappa shape index (κ2) is 5.66. The maximum Gasteiger partial charge on any atom is 0.237 e. The van der Waals surface area contributed by atoms with Crippen LogP contribution in [0.4, 0.5) is 0 Å². The molecule has 0 heterocycles. The largest absolute Gasteiger partial charge is 0.368 e. The van der Waals surface area contributed by atoms with Crippen molar-refractivity contribution in [1.82, 2.24) is 5.32 Å². The van der Waals surface area contributed by atoms with E-state index in [-0.39, 0.29) is 5.91 Å². The van der Waals surface area contributed by atoms with Crippen LogP contribution in [0.3, 0.4) is 0 Å². The number of rotatable bonds is 6. The summed E-state index contributed by atoms with van der Waals surface area (Å²) >= 11 is 0. The predicted octanol–water partition coefficient (Wildman–Crippen LogP) is 1.47. The minimum atomic E-state index is -0.614. The van der Waals surface area contributed by atoms with E-state index < -0.39 is 5.54 Å². The monoisotopic (exact) mass is 220 g/mol. The van der Waals surface area contributed by atoms with E-state index in [1.807, 2.05) is 18.2 Å². The highest BCUT2D eigenvalue weighted by Gasteiger charge is 2.22. The Hall–Kier alpha value is -1.35. The number of benzene rings is 1. The molecule has 0 aliphatic heterocycles. The summed E-state index contributed by atoms with van der Waals surface area (Å²) in [5.74, 6) is -0.313. The molecule has 0 aliphatic carbocycles. The van der Waals surface area contributed by atoms with Crippen molar-refractivity contribution in [3.63, 3.8) is 0 Å². The van der Waals surface area contributed by atoms with Crippen LogP contribution in [0.25, 0.3) is 0 Å². The number of nitrogens with two attached hydrogens (primary N) is 1. The first-order valence-electron chi connectivity index (χ1n) is 5.61. The maximum atomic E-state index is 11.0. The van der Waals surface area contributed by atoms with E-state index in [0.29, 0.717) is 0 Å². The first-order valence-corrected chi connectivity index (χ1v) is 5.61. The summed E-state index contributed by atoms with van der Waals surface area (Å²) in [7, 11) is 0. The number of amides is 1. The van der Waals surface area contributed by atoms with Crippen LogP contribution in [-0.4, -0.2) is 18.0 Å². The van der Waals surface area contributed by atoms with Crippen LogP contribution in [0.2, 0.25) is 0 Å². The van der Waals surface area contributed by atoms with Gasteiger partial charge in [0.2, 0.25) is 5.91 Å². The number of hydrogen-bond donors (Lipinski definition) is 2.